The zero-order valence-corrected chi connectivity index (χ0v) is 13.1. The maximum atomic E-state index is 13.2. The van der Waals surface area contributed by atoms with Gasteiger partial charge >= 0.3 is 6.18 Å². The van der Waals surface area contributed by atoms with Gasteiger partial charge < -0.3 is 0 Å². The van der Waals surface area contributed by atoms with Gasteiger partial charge in [-0.1, -0.05) is 31.5 Å². The van der Waals surface area contributed by atoms with E-state index in [1.807, 2.05) is 0 Å². The van der Waals surface area contributed by atoms with E-state index in [1.165, 1.54) is 38.1 Å². The predicted octanol–water partition coefficient (Wildman–Crippen LogP) is 2.73. The van der Waals surface area contributed by atoms with E-state index in [-0.39, 0.29) is 9.20 Å². The number of amides is 1. The van der Waals surface area contributed by atoms with Crippen LogP contribution in [0, 0.1) is 18.8 Å². The van der Waals surface area contributed by atoms with Crippen molar-refractivity contribution in [3.8, 4) is 0 Å². The Bertz CT molecular complexity index is 680. The number of rotatable bonds is 3. The van der Waals surface area contributed by atoms with E-state index >= 15 is 0 Å². The average molecular weight is 335 g/mol. The number of benzene rings is 1. The van der Waals surface area contributed by atoms with E-state index in [2.05, 4.69) is 0 Å². The van der Waals surface area contributed by atoms with Crippen molar-refractivity contribution in [1.82, 2.24) is 4.31 Å². The van der Waals surface area contributed by atoms with Crippen molar-refractivity contribution >= 4 is 15.9 Å². The highest BCUT2D eigenvalue weighted by Gasteiger charge is 2.65. The topological polar surface area (TPSA) is 54.5 Å². The molecular weight excluding hydrogens is 319 g/mol. The molecule has 1 aromatic rings. The largest absolute Gasteiger partial charge is 0.410 e. The number of β-lactam (4-membered cyclic amide) rings is 1. The lowest BCUT2D eigenvalue weighted by Gasteiger charge is -2.47. The summed E-state index contributed by atoms with van der Waals surface area (Å²) in [6.07, 6.45) is -4.79. The lowest BCUT2D eigenvalue weighted by atomic mass is 9.81. The van der Waals surface area contributed by atoms with Gasteiger partial charge in [0.1, 0.15) is 0 Å². The first kappa shape index (κ1) is 16.8. The number of sulfonamides is 1. The van der Waals surface area contributed by atoms with Crippen LogP contribution >= 0.6 is 0 Å². The lowest BCUT2D eigenvalue weighted by Crippen LogP contribution is -2.69. The fraction of sp³-hybridized carbons (Fsp3) is 0.500. The second-order valence-electron chi connectivity index (χ2n) is 5.71. The van der Waals surface area contributed by atoms with E-state index in [4.69, 9.17) is 0 Å². The molecule has 0 saturated carbocycles. The van der Waals surface area contributed by atoms with Gasteiger partial charge in [0.05, 0.1) is 10.8 Å². The molecule has 1 heterocycles. The predicted molar refractivity (Wildman–Crippen MR) is 73.4 cm³/mol. The third-order valence-corrected chi connectivity index (χ3v) is 5.52. The second kappa shape index (κ2) is 5.26. The monoisotopic (exact) mass is 335 g/mol. The van der Waals surface area contributed by atoms with Crippen molar-refractivity contribution in [3.63, 3.8) is 0 Å². The number of carbonyl (C=O) groups excluding carboxylic acids is 1. The zero-order chi connectivity index (χ0) is 16.9. The van der Waals surface area contributed by atoms with E-state index in [1.54, 1.807) is 6.92 Å². The number of alkyl halides is 3. The highest BCUT2D eigenvalue weighted by Crippen LogP contribution is 2.45. The number of aryl methyl sites for hydroxylation is 1. The quantitative estimate of drug-likeness (QED) is 0.798. The van der Waals surface area contributed by atoms with Crippen molar-refractivity contribution < 1.29 is 26.4 Å². The number of hydrogen-bond donors (Lipinski definition) is 0. The Morgan fingerprint density at radius 2 is 1.64 bits per heavy atom. The maximum absolute atomic E-state index is 13.2. The SMILES string of the molecule is Cc1ccc(S(=O)(=O)N2C(=O)[C@H](C(C)C)[C@H]2C(F)(F)F)cc1. The molecule has 0 spiro atoms. The minimum Gasteiger partial charge on any atom is -0.273 e. The van der Waals surface area contributed by atoms with Gasteiger partial charge in [0.2, 0.25) is 5.91 Å². The van der Waals surface area contributed by atoms with Gasteiger partial charge in [0, 0.05) is 0 Å². The van der Waals surface area contributed by atoms with Gasteiger partial charge in [-0.3, -0.25) is 4.79 Å². The van der Waals surface area contributed by atoms with Crippen LogP contribution in [0.3, 0.4) is 0 Å². The summed E-state index contributed by atoms with van der Waals surface area (Å²) in [6, 6.07) is 3.05. The molecule has 0 aromatic heterocycles. The van der Waals surface area contributed by atoms with Crippen LogP contribution in [0.2, 0.25) is 0 Å². The Balaban J connectivity index is 2.46. The minimum atomic E-state index is -4.79. The molecule has 22 heavy (non-hydrogen) atoms. The van der Waals surface area contributed by atoms with Gasteiger partial charge in [-0.2, -0.15) is 13.2 Å². The average Bonchev–Trinajstić information content (AvgIpc) is 2.34. The van der Waals surface area contributed by atoms with Crippen LogP contribution in [0.5, 0.6) is 0 Å². The smallest absolute Gasteiger partial charge is 0.273 e. The third-order valence-electron chi connectivity index (χ3n) is 3.73. The van der Waals surface area contributed by atoms with Gasteiger partial charge in [0.15, 0.2) is 6.04 Å². The maximum Gasteiger partial charge on any atom is 0.410 e. The molecule has 1 aliphatic rings. The zero-order valence-electron chi connectivity index (χ0n) is 12.3. The van der Waals surface area contributed by atoms with E-state index in [0.29, 0.717) is 0 Å². The Morgan fingerprint density at radius 3 is 2.05 bits per heavy atom. The normalized spacial score (nSPS) is 22.9. The molecule has 0 bridgehead atoms. The van der Waals surface area contributed by atoms with Crippen molar-refractivity contribution in [2.75, 3.05) is 0 Å². The fourth-order valence-corrected chi connectivity index (χ4v) is 4.18. The molecule has 1 saturated heterocycles. The summed E-state index contributed by atoms with van der Waals surface area (Å²) in [7, 11) is -4.50. The molecule has 0 N–H and O–H groups in total. The van der Waals surface area contributed by atoms with Gasteiger partial charge in [-0.05, 0) is 25.0 Å². The first-order valence-corrected chi connectivity index (χ1v) is 8.13. The van der Waals surface area contributed by atoms with Crippen molar-refractivity contribution in [3.05, 3.63) is 29.8 Å². The van der Waals surface area contributed by atoms with Gasteiger partial charge in [-0.15, -0.1) is 0 Å². The second-order valence-corrected chi connectivity index (χ2v) is 7.52. The first-order chi connectivity index (χ1) is 9.98. The van der Waals surface area contributed by atoms with E-state index in [0.717, 1.165) is 5.56 Å². The molecule has 0 aliphatic carbocycles. The molecule has 2 atom stereocenters. The molecule has 1 amide bonds. The van der Waals surface area contributed by atoms with Crippen molar-refractivity contribution in [2.45, 2.75) is 37.9 Å². The molecule has 4 nitrogen and oxygen atoms in total. The summed E-state index contributed by atoms with van der Waals surface area (Å²) >= 11 is 0. The Labute approximate surface area is 127 Å². The summed E-state index contributed by atoms with van der Waals surface area (Å²) in [6.45, 7) is 4.66. The van der Waals surface area contributed by atoms with E-state index < -0.39 is 40.0 Å². The number of nitrogens with zero attached hydrogens (tertiary/aromatic N) is 1. The summed E-state index contributed by atoms with van der Waals surface area (Å²) in [5.41, 5.74) is 0.765. The fourth-order valence-electron chi connectivity index (χ4n) is 2.56. The molecule has 1 fully saturated rings. The molecule has 8 heteroatoms. The number of carbonyl (C=O) groups is 1. The standard InChI is InChI=1S/C14H16F3NO3S/c1-8(2)11-12(14(15,16)17)18(13(11)19)22(20,21)10-6-4-9(3)5-7-10/h4-8,11-12H,1-3H3/t11-,12+/m1/s1. The molecule has 1 aliphatic heterocycles. The molecule has 2 rings (SSSR count). The van der Waals surface area contributed by atoms with Crippen molar-refractivity contribution in [1.29, 1.82) is 0 Å². The summed E-state index contributed by atoms with van der Waals surface area (Å²) in [5.74, 6) is -2.96. The molecular formula is C14H16F3NO3S. The van der Waals surface area contributed by atoms with Crippen LogP contribution < -0.4 is 0 Å². The molecule has 0 radical (unpaired) electrons. The lowest BCUT2D eigenvalue weighted by molar-refractivity contribution is -0.219. The third kappa shape index (κ3) is 2.60. The highest BCUT2D eigenvalue weighted by atomic mass is 32.2. The first-order valence-electron chi connectivity index (χ1n) is 6.69. The summed E-state index contributed by atoms with van der Waals surface area (Å²) in [5, 5.41) is 0. The molecule has 122 valence electrons. The van der Waals surface area contributed by atoms with Crippen LogP contribution in [0.25, 0.3) is 0 Å². The highest BCUT2D eigenvalue weighted by molar-refractivity contribution is 7.89. The Kier molecular flexibility index (Phi) is 4.01. The number of halogens is 3. The van der Waals surface area contributed by atoms with Gasteiger partial charge in [-0.25, -0.2) is 12.7 Å². The van der Waals surface area contributed by atoms with Crippen molar-refractivity contribution in [2.24, 2.45) is 11.8 Å². The minimum absolute atomic E-state index is 0.0255. The van der Waals surface area contributed by atoms with Crippen LogP contribution in [0.4, 0.5) is 13.2 Å². The van der Waals surface area contributed by atoms with Crippen LogP contribution in [-0.4, -0.2) is 30.8 Å². The molecule has 0 unspecified atom stereocenters. The van der Waals surface area contributed by atoms with Crippen LogP contribution in [0.1, 0.15) is 19.4 Å². The summed E-state index contributed by atoms with van der Waals surface area (Å²) < 4.78 is 64.3. The Hall–Kier alpha value is -1.57. The van der Waals surface area contributed by atoms with Crippen LogP contribution in [-0.2, 0) is 14.8 Å². The van der Waals surface area contributed by atoms with E-state index in [9.17, 15) is 26.4 Å². The van der Waals surface area contributed by atoms with Gasteiger partial charge in [0.25, 0.3) is 10.0 Å². The molecule has 1 aromatic carbocycles. The Morgan fingerprint density at radius 1 is 1.14 bits per heavy atom. The van der Waals surface area contributed by atoms with Crippen LogP contribution in [0.15, 0.2) is 29.2 Å². The summed E-state index contributed by atoms with van der Waals surface area (Å²) in [4.78, 5) is 11.7. The number of hydrogen-bond acceptors (Lipinski definition) is 3.